The zero-order chi connectivity index (χ0) is 14.6. The molecule has 1 aromatic rings. The smallest absolute Gasteiger partial charge is 0.411 e. The number of alkyl halides is 3. The third kappa shape index (κ3) is 5.86. The standard InChI is InChI=1S/C10H6Cl3F3O3/c11-5-1-6(12)9(7(13)2-5)19-8(17)3-18-4-10(14,15)16/h1-2H,3-4H2. The first-order valence-corrected chi connectivity index (χ1v) is 5.82. The van der Waals surface area contributed by atoms with Crippen LogP contribution in [0.25, 0.3) is 0 Å². The summed E-state index contributed by atoms with van der Waals surface area (Å²) >= 11 is 17.1. The van der Waals surface area contributed by atoms with Crippen molar-refractivity contribution < 1.29 is 27.4 Å². The van der Waals surface area contributed by atoms with Gasteiger partial charge >= 0.3 is 12.1 Å². The van der Waals surface area contributed by atoms with Gasteiger partial charge < -0.3 is 9.47 Å². The van der Waals surface area contributed by atoms with Crippen LogP contribution in [0.15, 0.2) is 12.1 Å². The minimum absolute atomic E-state index is 0.0401. The Kier molecular flexibility index (Phi) is 5.73. The zero-order valence-electron chi connectivity index (χ0n) is 9.06. The van der Waals surface area contributed by atoms with Crippen LogP contribution in [0, 0.1) is 0 Å². The van der Waals surface area contributed by atoms with E-state index < -0.39 is 25.4 Å². The molecule has 0 atom stereocenters. The number of halogens is 6. The molecule has 0 spiro atoms. The van der Waals surface area contributed by atoms with Crippen molar-refractivity contribution in [3.8, 4) is 5.75 Å². The van der Waals surface area contributed by atoms with E-state index in [1.54, 1.807) is 0 Å². The highest BCUT2D eigenvalue weighted by molar-refractivity contribution is 6.40. The Morgan fingerprint density at radius 2 is 1.68 bits per heavy atom. The Balaban J connectivity index is 2.58. The molecule has 9 heteroatoms. The van der Waals surface area contributed by atoms with Crippen LogP contribution in [-0.4, -0.2) is 25.4 Å². The monoisotopic (exact) mass is 336 g/mol. The summed E-state index contributed by atoms with van der Waals surface area (Å²) < 4.78 is 44.1. The lowest BCUT2D eigenvalue weighted by molar-refractivity contribution is -0.178. The molecule has 106 valence electrons. The van der Waals surface area contributed by atoms with E-state index in [0.29, 0.717) is 0 Å². The summed E-state index contributed by atoms with van der Waals surface area (Å²) in [7, 11) is 0. The molecule has 3 nitrogen and oxygen atoms in total. The van der Waals surface area contributed by atoms with Crippen LogP contribution in [0.2, 0.25) is 15.1 Å². The molecule has 0 aromatic heterocycles. The summed E-state index contributed by atoms with van der Waals surface area (Å²) in [6.45, 7) is -2.43. The number of esters is 1. The number of carbonyl (C=O) groups is 1. The Morgan fingerprint density at radius 3 is 2.16 bits per heavy atom. The van der Waals surface area contributed by atoms with Gasteiger partial charge in [0.05, 0.1) is 10.0 Å². The molecule has 0 heterocycles. The molecule has 0 N–H and O–H groups in total. The maximum absolute atomic E-state index is 11.8. The number of benzene rings is 1. The zero-order valence-corrected chi connectivity index (χ0v) is 11.3. The third-order valence-electron chi connectivity index (χ3n) is 1.66. The van der Waals surface area contributed by atoms with Crippen LogP contribution in [0.1, 0.15) is 0 Å². The molecule has 0 radical (unpaired) electrons. The number of rotatable bonds is 4. The molecule has 0 saturated carbocycles. The van der Waals surface area contributed by atoms with Crippen LogP contribution in [0.4, 0.5) is 13.2 Å². The van der Waals surface area contributed by atoms with Crippen molar-refractivity contribution in [3.05, 3.63) is 27.2 Å². The van der Waals surface area contributed by atoms with E-state index in [9.17, 15) is 18.0 Å². The van der Waals surface area contributed by atoms with Crippen molar-refractivity contribution >= 4 is 40.8 Å². The molecule has 0 bridgehead atoms. The van der Waals surface area contributed by atoms with Crippen molar-refractivity contribution in [2.75, 3.05) is 13.2 Å². The molecule has 1 rings (SSSR count). The van der Waals surface area contributed by atoms with Gasteiger partial charge in [-0.15, -0.1) is 0 Å². The van der Waals surface area contributed by atoms with Gasteiger partial charge in [-0.3, -0.25) is 0 Å². The van der Waals surface area contributed by atoms with Crippen molar-refractivity contribution in [1.29, 1.82) is 0 Å². The molecule has 19 heavy (non-hydrogen) atoms. The highest BCUT2D eigenvalue weighted by Gasteiger charge is 2.28. The largest absolute Gasteiger partial charge is 0.422 e. The summed E-state index contributed by atoms with van der Waals surface area (Å²) in [4.78, 5) is 11.2. The molecular formula is C10H6Cl3F3O3. The van der Waals surface area contributed by atoms with Gasteiger partial charge in [-0.1, -0.05) is 34.8 Å². The van der Waals surface area contributed by atoms with Gasteiger partial charge in [-0.25, -0.2) is 4.79 Å². The van der Waals surface area contributed by atoms with Crippen LogP contribution >= 0.6 is 34.8 Å². The van der Waals surface area contributed by atoms with E-state index in [4.69, 9.17) is 39.5 Å². The van der Waals surface area contributed by atoms with Crippen molar-refractivity contribution in [2.24, 2.45) is 0 Å². The second-order valence-electron chi connectivity index (χ2n) is 3.28. The third-order valence-corrected chi connectivity index (χ3v) is 2.44. The topological polar surface area (TPSA) is 35.5 Å². The first-order chi connectivity index (χ1) is 8.69. The second-order valence-corrected chi connectivity index (χ2v) is 4.53. The molecule has 0 fully saturated rings. The Labute approximate surface area is 121 Å². The highest BCUT2D eigenvalue weighted by atomic mass is 35.5. The lowest BCUT2D eigenvalue weighted by Gasteiger charge is -2.10. The summed E-state index contributed by atoms with van der Waals surface area (Å²) in [5, 5.41) is 0.145. The van der Waals surface area contributed by atoms with Crippen molar-refractivity contribution in [3.63, 3.8) is 0 Å². The fourth-order valence-corrected chi connectivity index (χ4v) is 1.91. The number of ether oxygens (including phenoxy) is 2. The molecule has 0 aliphatic rings. The Bertz CT molecular complexity index is 454. The van der Waals surface area contributed by atoms with Gasteiger partial charge in [-0.05, 0) is 12.1 Å². The fourth-order valence-electron chi connectivity index (χ4n) is 1.02. The predicted octanol–water partition coefficient (Wildman–Crippen LogP) is 4.13. The molecule has 0 aliphatic carbocycles. The van der Waals surface area contributed by atoms with E-state index >= 15 is 0 Å². The molecule has 0 unspecified atom stereocenters. The van der Waals surface area contributed by atoms with Crippen LogP contribution < -0.4 is 4.74 Å². The molecule has 0 amide bonds. The molecule has 0 saturated heterocycles. The van der Waals surface area contributed by atoms with Gasteiger partial charge in [0.1, 0.15) is 13.2 Å². The van der Waals surface area contributed by atoms with E-state index in [-0.39, 0.29) is 20.8 Å². The molecule has 0 aliphatic heterocycles. The van der Waals surface area contributed by atoms with E-state index in [1.165, 1.54) is 12.1 Å². The van der Waals surface area contributed by atoms with Gasteiger partial charge in [0, 0.05) is 5.02 Å². The molecular weight excluding hydrogens is 331 g/mol. The van der Waals surface area contributed by atoms with Crippen LogP contribution in [0.3, 0.4) is 0 Å². The van der Waals surface area contributed by atoms with Gasteiger partial charge in [0.2, 0.25) is 0 Å². The minimum atomic E-state index is -4.52. The first kappa shape index (κ1) is 16.4. The van der Waals surface area contributed by atoms with Gasteiger partial charge in [0.25, 0.3) is 0 Å². The summed E-state index contributed by atoms with van der Waals surface area (Å²) in [5.41, 5.74) is 0. The maximum Gasteiger partial charge on any atom is 0.411 e. The average Bonchev–Trinajstić information content (AvgIpc) is 2.21. The lowest BCUT2D eigenvalue weighted by atomic mass is 10.3. The number of carbonyl (C=O) groups excluding carboxylic acids is 1. The summed E-state index contributed by atoms with van der Waals surface area (Å²) in [5.74, 6) is -1.25. The minimum Gasteiger partial charge on any atom is -0.422 e. The quantitative estimate of drug-likeness (QED) is 0.612. The van der Waals surface area contributed by atoms with E-state index in [2.05, 4.69) is 4.74 Å². The average molecular weight is 338 g/mol. The van der Waals surface area contributed by atoms with Crippen LogP contribution in [0.5, 0.6) is 5.75 Å². The summed E-state index contributed by atoms with van der Waals surface area (Å²) in [6, 6.07) is 2.54. The highest BCUT2D eigenvalue weighted by Crippen LogP contribution is 2.35. The van der Waals surface area contributed by atoms with Gasteiger partial charge in [0.15, 0.2) is 5.75 Å². The summed E-state index contributed by atoms with van der Waals surface area (Å²) in [6.07, 6.45) is -4.52. The maximum atomic E-state index is 11.8. The van der Waals surface area contributed by atoms with E-state index in [0.717, 1.165) is 0 Å². The normalized spacial score (nSPS) is 11.5. The van der Waals surface area contributed by atoms with Crippen molar-refractivity contribution in [1.82, 2.24) is 0 Å². The SMILES string of the molecule is O=C(COCC(F)(F)F)Oc1c(Cl)cc(Cl)cc1Cl. The Morgan fingerprint density at radius 1 is 1.16 bits per heavy atom. The van der Waals surface area contributed by atoms with Gasteiger partial charge in [-0.2, -0.15) is 13.2 Å². The predicted molar refractivity (Wildman–Crippen MR) is 64.0 cm³/mol. The number of hydrogen-bond donors (Lipinski definition) is 0. The number of hydrogen-bond acceptors (Lipinski definition) is 3. The lowest BCUT2D eigenvalue weighted by Crippen LogP contribution is -2.22. The first-order valence-electron chi connectivity index (χ1n) is 4.69. The van der Waals surface area contributed by atoms with Crippen molar-refractivity contribution in [2.45, 2.75) is 6.18 Å². The molecule has 1 aromatic carbocycles. The second kappa shape index (κ2) is 6.65. The fraction of sp³-hybridized carbons (Fsp3) is 0.300. The Hall–Kier alpha value is -0.690. The van der Waals surface area contributed by atoms with E-state index in [1.807, 2.05) is 0 Å². The van der Waals surface area contributed by atoms with Crippen LogP contribution in [-0.2, 0) is 9.53 Å².